The van der Waals surface area contributed by atoms with Gasteiger partial charge in [-0.3, -0.25) is 0 Å². The molecule has 192 valence electrons. The molecule has 2 bridgehead atoms. The third-order valence-corrected chi connectivity index (χ3v) is 9.56. The summed E-state index contributed by atoms with van der Waals surface area (Å²) in [6, 6.07) is 10.7. The van der Waals surface area contributed by atoms with Crippen LogP contribution < -0.4 is 0 Å². The second kappa shape index (κ2) is 9.20. The summed E-state index contributed by atoms with van der Waals surface area (Å²) in [5.74, 6) is -0.196. The number of fused-ring (bicyclic) bond motifs is 3. The van der Waals surface area contributed by atoms with Gasteiger partial charge in [-0.05, 0) is 81.2 Å². The van der Waals surface area contributed by atoms with Gasteiger partial charge in [-0.15, -0.1) is 11.3 Å². The molecule has 2 saturated carbocycles. The number of aromatic nitrogens is 2. The minimum atomic E-state index is -1.01. The highest BCUT2D eigenvalue weighted by Crippen LogP contribution is 2.56. The van der Waals surface area contributed by atoms with Crippen molar-refractivity contribution in [2.75, 3.05) is 0 Å². The van der Waals surface area contributed by atoms with E-state index in [0.29, 0.717) is 28.1 Å². The number of carbonyl (C=O) groups is 1. The molecule has 2 fully saturated rings. The zero-order valence-corrected chi connectivity index (χ0v) is 22.1. The molecule has 37 heavy (non-hydrogen) atoms. The number of rotatable bonds is 6. The number of aryl methyl sites for hydroxylation is 2. The number of thiazole rings is 1. The van der Waals surface area contributed by atoms with E-state index >= 15 is 0 Å². The Bertz CT molecular complexity index is 1480. The lowest BCUT2D eigenvalue weighted by Crippen LogP contribution is -2.44. The lowest BCUT2D eigenvalue weighted by Gasteiger charge is -2.41. The van der Waals surface area contributed by atoms with E-state index in [-0.39, 0.29) is 23.5 Å². The molecule has 2 aromatic heterocycles. The number of benzene rings is 2. The molecule has 9 heteroatoms. The second-order valence-corrected chi connectivity index (χ2v) is 11.6. The summed E-state index contributed by atoms with van der Waals surface area (Å²) in [6.07, 6.45) is 3.28. The summed E-state index contributed by atoms with van der Waals surface area (Å²) in [7, 11) is 0. The van der Waals surface area contributed by atoms with E-state index in [1.807, 2.05) is 32.0 Å². The van der Waals surface area contributed by atoms with Crippen molar-refractivity contribution in [3.8, 4) is 11.3 Å². The van der Waals surface area contributed by atoms with Gasteiger partial charge in [-0.1, -0.05) is 28.9 Å². The lowest BCUT2D eigenvalue weighted by atomic mass is 9.73. The van der Waals surface area contributed by atoms with Crippen molar-refractivity contribution in [3.05, 3.63) is 68.9 Å². The number of nitrogens with zero attached hydrogens (tertiary/aromatic N) is 2. The first kappa shape index (κ1) is 24.6. The smallest absolute Gasteiger partial charge is 0.335 e. The van der Waals surface area contributed by atoms with Crippen molar-refractivity contribution in [3.63, 3.8) is 0 Å². The minimum absolute atomic E-state index is 0.000239. The molecular formula is C28H27ClN2O5S. The van der Waals surface area contributed by atoms with Crippen LogP contribution in [0, 0.1) is 25.7 Å². The van der Waals surface area contributed by atoms with Crippen LogP contribution in [0.5, 0.6) is 0 Å². The zero-order chi connectivity index (χ0) is 25.9. The maximum atomic E-state index is 11.9. The second-order valence-electron chi connectivity index (χ2n) is 10.2. The Balaban J connectivity index is 1.21. The van der Waals surface area contributed by atoms with E-state index in [1.54, 1.807) is 18.2 Å². The number of hydrogen-bond donors (Lipinski definition) is 2. The molecule has 0 spiro atoms. The molecule has 2 aromatic carbocycles. The molecule has 2 N–H and O–H groups in total. The largest absolute Gasteiger partial charge is 0.478 e. The number of carboxylic acids is 1. The van der Waals surface area contributed by atoms with Gasteiger partial charge in [0.2, 0.25) is 0 Å². The Morgan fingerprint density at radius 3 is 2.68 bits per heavy atom. The summed E-state index contributed by atoms with van der Waals surface area (Å²) in [6.45, 7) is 4.24. The molecule has 4 aromatic rings. The molecule has 2 aliphatic carbocycles. The molecule has 2 aliphatic rings. The lowest BCUT2D eigenvalue weighted by molar-refractivity contribution is -0.116. The van der Waals surface area contributed by atoms with Gasteiger partial charge in [0.25, 0.3) is 0 Å². The number of carboxylic acid groups (broad SMARTS) is 1. The van der Waals surface area contributed by atoms with Gasteiger partial charge in [-0.25, -0.2) is 9.78 Å². The summed E-state index contributed by atoms with van der Waals surface area (Å²) >= 11 is 7.90. The fraction of sp³-hybridized carbons (Fsp3) is 0.393. The number of hydrogen-bond acceptors (Lipinski definition) is 7. The Morgan fingerprint density at radius 1 is 1.22 bits per heavy atom. The quantitative estimate of drug-likeness (QED) is 0.288. The molecule has 6 rings (SSSR count). The Hall–Kier alpha value is -2.78. The van der Waals surface area contributed by atoms with E-state index in [4.69, 9.17) is 25.8 Å². The van der Waals surface area contributed by atoms with Crippen molar-refractivity contribution >= 4 is 39.1 Å². The van der Waals surface area contributed by atoms with E-state index in [1.165, 1.54) is 11.3 Å². The van der Waals surface area contributed by atoms with Crippen molar-refractivity contribution in [1.82, 2.24) is 10.1 Å². The fourth-order valence-corrected chi connectivity index (χ4v) is 7.67. The van der Waals surface area contributed by atoms with Crippen molar-refractivity contribution in [2.45, 2.75) is 57.8 Å². The van der Waals surface area contributed by atoms with Gasteiger partial charge in [0.1, 0.15) is 22.1 Å². The summed E-state index contributed by atoms with van der Waals surface area (Å²) in [4.78, 5) is 16.1. The van der Waals surface area contributed by atoms with Crippen LogP contribution in [-0.2, 0) is 16.9 Å². The number of ether oxygens (including phenoxy) is 1. The normalized spacial score (nSPS) is 25.1. The fourth-order valence-electron chi connectivity index (χ4n) is 6.11. The molecule has 4 atom stereocenters. The van der Waals surface area contributed by atoms with Gasteiger partial charge in [0.15, 0.2) is 0 Å². The third-order valence-electron chi connectivity index (χ3n) is 8.09. The number of aliphatic hydroxyl groups is 1. The van der Waals surface area contributed by atoms with Crippen molar-refractivity contribution in [2.24, 2.45) is 11.8 Å². The first-order chi connectivity index (χ1) is 17.8. The summed E-state index contributed by atoms with van der Waals surface area (Å²) in [5.41, 5.74) is 3.43. The molecule has 0 saturated heterocycles. The van der Waals surface area contributed by atoms with Crippen LogP contribution in [0.2, 0.25) is 5.02 Å². The van der Waals surface area contributed by atoms with Crippen molar-refractivity contribution < 1.29 is 24.3 Å². The minimum Gasteiger partial charge on any atom is -0.478 e. The maximum absolute atomic E-state index is 11.9. The Labute approximate surface area is 223 Å². The monoisotopic (exact) mass is 538 g/mol. The molecule has 0 unspecified atom stereocenters. The SMILES string of the molecule is Cc1cccc(Cl)c1-c1noc(C)c1CO[C@H]1C[C@H]2CC[C@@H](C1)[C@]2(O)c1nc2ccc(C(=O)O)cc2s1. The van der Waals surface area contributed by atoms with Gasteiger partial charge >= 0.3 is 5.97 Å². The highest BCUT2D eigenvalue weighted by Gasteiger charge is 2.56. The number of halogens is 1. The van der Waals surface area contributed by atoms with Gasteiger partial charge in [0.05, 0.1) is 33.5 Å². The van der Waals surface area contributed by atoms with Crippen LogP contribution in [0.4, 0.5) is 0 Å². The first-order valence-corrected chi connectivity index (χ1v) is 13.6. The standard InChI is InChI=1S/C28H27ClN2O5S/c1-14-4-3-5-21(29)24(14)25-20(15(2)36-31-25)13-35-19-11-17-7-8-18(12-19)28(17,34)27-30-22-9-6-16(26(32)33)10-23(22)37-27/h3-6,9-10,17-19,34H,7-8,11-13H2,1-2H3,(H,32,33)/t17-,18+,19+,28+. The average Bonchev–Trinajstić information content (AvgIpc) is 3.49. The predicted molar refractivity (Wildman–Crippen MR) is 141 cm³/mol. The maximum Gasteiger partial charge on any atom is 0.335 e. The topological polar surface area (TPSA) is 106 Å². The van der Waals surface area contributed by atoms with Crippen LogP contribution in [0.15, 0.2) is 40.9 Å². The molecular weight excluding hydrogens is 512 g/mol. The Kier molecular flexibility index (Phi) is 6.11. The van der Waals surface area contributed by atoms with E-state index in [9.17, 15) is 15.0 Å². The van der Waals surface area contributed by atoms with Crippen LogP contribution in [0.3, 0.4) is 0 Å². The van der Waals surface area contributed by atoms with Gasteiger partial charge in [0, 0.05) is 11.1 Å². The van der Waals surface area contributed by atoms with Crippen LogP contribution in [0.1, 0.15) is 57.9 Å². The van der Waals surface area contributed by atoms with Crippen LogP contribution >= 0.6 is 22.9 Å². The Morgan fingerprint density at radius 2 is 1.97 bits per heavy atom. The van der Waals surface area contributed by atoms with E-state index < -0.39 is 11.6 Å². The average molecular weight is 539 g/mol. The third kappa shape index (κ3) is 4.07. The highest BCUT2D eigenvalue weighted by molar-refractivity contribution is 7.18. The summed E-state index contributed by atoms with van der Waals surface area (Å²) in [5, 5.41) is 26.8. The van der Waals surface area contributed by atoms with Gasteiger partial charge < -0.3 is 19.5 Å². The number of aromatic carboxylic acids is 1. The van der Waals surface area contributed by atoms with E-state index in [0.717, 1.165) is 52.6 Å². The predicted octanol–water partition coefficient (Wildman–Crippen LogP) is 6.51. The molecule has 2 heterocycles. The van der Waals surface area contributed by atoms with E-state index in [2.05, 4.69) is 5.16 Å². The molecule has 0 amide bonds. The van der Waals surface area contributed by atoms with Crippen LogP contribution in [0.25, 0.3) is 21.5 Å². The highest BCUT2D eigenvalue weighted by atomic mass is 35.5. The first-order valence-electron chi connectivity index (χ1n) is 12.4. The molecule has 0 aliphatic heterocycles. The zero-order valence-electron chi connectivity index (χ0n) is 20.5. The molecule has 7 nitrogen and oxygen atoms in total. The van der Waals surface area contributed by atoms with Crippen LogP contribution in [-0.4, -0.2) is 32.4 Å². The van der Waals surface area contributed by atoms with Crippen molar-refractivity contribution in [1.29, 1.82) is 0 Å². The van der Waals surface area contributed by atoms with Gasteiger partial charge in [-0.2, -0.15) is 0 Å². The molecule has 0 radical (unpaired) electrons. The summed E-state index contributed by atoms with van der Waals surface area (Å²) < 4.78 is 12.7.